The third kappa shape index (κ3) is 3.24. The Morgan fingerprint density at radius 3 is 2.95 bits per heavy atom. The van der Waals surface area contributed by atoms with Crippen molar-refractivity contribution in [1.82, 2.24) is 0 Å². The largest absolute Gasteiger partial charge is 0.479 e. The number of fused-ring (bicyclic) bond motifs is 1. The van der Waals surface area contributed by atoms with Crippen LogP contribution in [0.4, 0.5) is 5.69 Å². The van der Waals surface area contributed by atoms with Crippen LogP contribution in [-0.4, -0.2) is 23.1 Å². The third-order valence-electron chi connectivity index (χ3n) is 3.08. The standard InChI is InChI=1S/C14H17NO4/c1-2-3-12(14(17)18)19-10-6-4-9-5-7-13(16)15-11(9)8-10/h4,6,8,12H,2-3,5,7H2,1H3,(H,15,16)(H,17,18). The van der Waals surface area contributed by atoms with Crippen molar-refractivity contribution in [3.63, 3.8) is 0 Å². The lowest BCUT2D eigenvalue weighted by molar-refractivity contribution is -0.145. The summed E-state index contributed by atoms with van der Waals surface area (Å²) in [7, 11) is 0. The van der Waals surface area contributed by atoms with Crippen molar-refractivity contribution >= 4 is 17.6 Å². The van der Waals surface area contributed by atoms with Gasteiger partial charge in [-0.2, -0.15) is 0 Å². The highest BCUT2D eigenvalue weighted by Gasteiger charge is 2.20. The fourth-order valence-corrected chi connectivity index (χ4v) is 2.08. The second-order valence-electron chi connectivity index (χ2n) is 4.60. The first-order valence-electron chi connectivity index (χ1n) is 6.42. The van der Waals surface area contributed by atoms with E-state index in [1.807, 2.05) is 13.0 Å². The maximum atomic E-state index is 11.3. The lowest BCUT2D eigenvalue weighted by Crippen LogP contribution is -2.27. The molecule has 0 fully saturated rings. The van der Waals surface area contributed by atoms with Crippen LogP contribution < -0.4 is 10.1 Å². The zero-order chi connectivity index (χ0) is 13.8. The van der Waals surface area contributed by atoms with Gasteiger partial charge in [0, 0.05) is 18.2 Å². The van der Waals surface area contributed by atoms with Crippen LogP contribution in [0, 0.1) is 0 Å². The SMILES string of the molecule is CCCC(Oc1ccc2c(c1)NC(=O)CC2)C(=O)O. The minimum Gasteiger partial charge on any atom is -0.479 e. The molecule has 1 atom stereocenters. The van der Waals surface area contributed by atoms with E-state index < -0.39 is 12.1 Å². The molecule has 1 heterocycles. The molecular formula is C14H17NO4. The quantitative estimate of drug-likeness (QED) is 0.854. The molecule has 0 radical (unpaired) electrons. The molecular weight excluding hydrogens is 246 g/mol. The minimum absolute atomic E-state index is 0.0204. The van der Waals surface area contributed by atoms with Gasteiger partial charge >= 0.3 is 5.97 Å². The number of nitrogens with one attached hydrogen (secondary N) is 1. The number of carbonyl (C=O) groups is 2. The molecule has 1 unspecified atom stereocenters. The molecule has 1 aliphatic rings. The van der Waals surface area contributed by atoms with E-state index in [9.17, 15) is 9.59 Å². The first kappa shape index (κ1) is 13.4. The predicted octanol–water partition coefficient (Wildman–Crippen LogP) is 2.20. The van der Waals surface area contributed by atoms with Crippen molar-refractivity contribution in [2.24, 2.45) is 0 Å². The molecule has 1 aliphatic heterocycles. The van der Waals surface area contributed by atoms with Gasteiger partial charge in [-0.1, -0.05) is 19.4 Å². The summed E-state index contributed by atoms with van der Waals surface area (Å²) in [6.45, 7) is 1.91. The number of benzene rings is 1. The number of aryl methyl sites for hydroxylation is 1. The maximum Gasteiger partial charge on any atom is 0.344 e. The van der Waals surface area contributed by atoms with Crippen LogP contribution in [-0.2, 0) is 16.0 Å². The van der Waals surface area contributed by atoms with Gasteiger partial charge in [-0.05, 0) is 24.5 Å². The van der Waals surface area contributed by atoms with E-state index in [1.54, 1.807) is 12.1 Å². The average molecular weight is 263 g/mol. The number of carboxylic acid groups (broad SMARTS) is 1. The number of rotatable bonds is 5. The van der Waals surface area contributed by atoms with Crippen molar-refractivity contribution in [1.29, 1.82) is 0 Å². The second kappa shape index (κ2) is 5.73. The molecule has 0 spiro atoms. The molecule has 0 saturated heterocycles. The molecule has 1 amide bonds. The lowest BCUT2D eigenvalue weighted by Gasteiger charge is -2.19. The minimum atomic E-state index is -0.969. The Balaban J connectivity index is 2.15. The lowest BCUT2D eigenvalue weighted by atomic mass is 10.0. The molecule has 2 rings (SSSR count). The molecule has 5 nitrogen and oxygen atoms in total. The second-order valence-corrected chi connectivity index (χ2v) is 4.60. The van der Waals surface area contributed by atoms with Crippen molar-refractivity contribution in [3.05, 3.63) is 23.8 Å². The van der Waals surface area contributed by atoms with Crippen molar-refractivity contribution in [2.45, 2.75) is 38.7 Å². The molecule has 1 aromatic rings. The zero-order valence-corrected chi connectivity index (χ0v) is 10.8. The third-order valence-corrected chi connectivity index (χ3v) is 3.08. The number of hydrogen-bond donors (Lipinski definition) is 2. The molecule has 1 aromatic carbocycles. The summed E-state index contributed by atoms with van der Waals surface area (Å²) in [6, 6.07) is 5.31. The summed E-state index contributed by atoms with van der Waals surface area (Å²) >= 11 is 0. The van der Waals surface area contributed by atoms with Gasteiger partial charge in [0.2, 0.25) is 5.91 Å². The fraction of sp³-hybridized carbons (Fsp3) is 0.429. The van der Waals surface area contributed by atoms with Gasteiger partial charge in [-0.15, -0.1) is 0 Å². The molecule has 0 aromatic heterocycles. The van der Waals surface area contributed by atoms with Crippen molar-refractivity contribution < 1.29 is 19.4 Å². The van der Waals surface area contributed by atoms with Crippen LogP contribution in [0.1, 0.15) is 31.7 Å². The summed E-state index contributed by atoms with van der Waals surface area (Å²) < 4.78 is 5.47. The van der Waals surface area contributed by atoms with Gasteiger partial charge in [0.15, 0.2) is 6.10 Å². The van der Waals surface area contributed by atoms with Crippen LogP contribution in [0.2, 0.25) is 0 Å². The summed E-state index contributed by atoms with van der Waals surface area (Å²) in [6.07, 6.45) is 1.54. The van der Waals surface area contributed by atoms with E-state index in [0.717, 1.165) is 17.7 Å². The van der Waals surface area contributed by atoms with E-state index in [1.165, 1.54) is 0 Å². The highest BCUT2D eigenvalue weighted by molar-refractivity contribution is 5.94. The normalized spacial score (nSPS) is 15.3. The highest BCUT2D eigenvalue weighted by Crippen LogP contribution is 2.28. The molecule has 19 heavy (non-hydrogen) atoms. The van der Waals surface area contributed by atoms with E-state index in [-0.39, 0.29) is 5.91 Å². The number of amides is 1. The smallest absolute Gasteiger partial charge is 0.344 e. The van der Waals surface area contributed by atoms with E-state index >= 15 is 0 Å². The number of aliphatic carboxylic acids is 1. The van der Waals surface area contributed by atoms with Crippen LogP contribution >= 0.6 is 0 Å². The van der Waals surface area contributed by atoms with E-state index in [2.05, 4.69) is 5.32 Å². The Kier molecular flexibility index (Phi) is 4.04. The molecule has 2 N–H and O–H groups in total. The summed E-state index contributed by atoms with van der Waals surface area (Å²) in [5.74, 6) is -0.515. The van der Waals surface area contributed by atoms with Gasteiger partial charge in [0.25, 0.3) is 0 Å². The number of carboxylic acids is 1. The predicted molar refractivity (Wildman–Crippen MR) is 70.4 cm³/mol. The van der Waals surface area contributed by atoms with Gasteiger partial charge < -0.3 is 15.2 Å². The Hall–Kier alpha value is -2.04. The number of ether oxygens (including phenoxy) is 1. The number of hydrogen-bond acceptors (Lipinski definition) is 3. The number of anilines is 1. The first-order chi connectivity index (χ1) is 9.10. The molecule has 102 valence electrons. The van der Waals surface area contributed by atoms with Crippen LogP contribution in [0.25, 0.3) is 0 Å². The highest BCUT2D eigenvalue weighted by atomic mass is 16.5. The molecule has 0 aliphatic carbocycles. The van der Waals surface area contributed by atoms with Gasteiger partial charge in [0.1, 0.15) is 5.75 Å². The average Bonchev–Trinajstić information content (AvgIpc) is 2.37. The summed E-state index contributed by atoms with van der Waals surface area (Å²) in [5, 5.41) is 11.8. The Morgan fingerprint density at radius 2 is 2.26 bits per heavy atom. The van der Waals surface area contributed by atoms with E-state index in [0.29, 0.717) is 25.0 Å². The van der Waals surface area contributed by atoms with Crippen molar-refractivity contribution in [3.8, 4) is 5.75 Å². The Bertz CT molecular complexity index is 498. The van der Waals surface area contributed by atoms with Gasteiger partial charge in [0.05, 0.1) is 0 Å². The van der Waals surface area contributed by atoms with Gasteiger partial charge in [-0.3, -0.25) is 4.79 Å². The van der Waals surface area contributed by atoms with Gasteiger partial charge in [-0.25, -0.2) is 4.79 Å². The monoisotopic (exact) mass is 263 g/mol. The topological polar surface area (TPSA) is 75.6 Å². The summed E-state index contributed by atoms with van der Waals surface area (Å²) in [4.78, 5) is 22.4. The fourth-order valence-electron chi connectivity index (χ4n) is 2.08. The summed E-state index contributed by atoms with van der Waals surface area (Å²) in [5.41, 5.74) is 1.77. The first-order valence-corrected chi connectivity index (χ1v) is 6.42. The number of carbonyl (C=O) groups excluding carboxylic acids is 1. The zero-order valence-electron chi connectivity index (χ0n) is 10.8. The molecule has 0 bridgehead atoms. The van der Waals surface area contributed by atoms with E-state index in [4.69, 9.17) is 9.84 Å². The maximum absolute atomic E-state index is 11.3. The van der Waals surface area contributed by atoms with Crippen molar-refractivity contribution in [2.75, 3.05) is 5.32 Å². The van der Waals surface area contributed by atoms with Crippen LogP contribution in [0.5, 0.6) is 5.75 Å². The molecule has 5 heteroatoms. The Labute approximate surface area is 111 Å². The Morgan fingerprint density at radius 1 is 1.47 bits per heavy atom. The molecule has 0 saturated carbocycles. The van der Waals surface area contributed by atoms with Crippen LogP contribution in [0.15, 0.2) is 18.2 Å². The van der Waals surface area contributed by atoms with Crippen LogP contribution in [0.3, 0.4) is 0 Å².